The Hall–Kier alpha value is -2.46. The van der Waals surface area contributed by atoms with Crippen molar-refractivity contribution in [2.45, 2.75) is 13.0 Å². The Morgan fingerprint density at radius 3 is 2.70 bits per heavy atom. The van der Waals surface area contributed by atoms with Crippen molar-refractivity contribution in [3.8, 4) is 11.5 Å². The van der Waals surface area contributed by atoms with Gasteiger partial charge in [0.05, 0.1) is 14.2 Å². The summed E-state index contributed by atoms with van der Waals surface area (Å²) in [7, 11) is 3.37. The molecule has 0 saturated heterocycles. The fraction of sp³-hybridized carbons (Fsp3) is 0.263. The van der Waals surface area contributed by atoms with E-state index in [9.17, 15) is 0 Å². The van der Waals surface area contributed by atoms with Crippen molar-refractivity contribution in [3.63, 3.8) is 0 Å². The molecule has 0 atom stereocenters. The van der Waals surface area contributed by atoms with Crippen molar-refractivity contribution in [1.82, 2.24) is 10.3 Å². The zero-order valence-corrected chi connectivity index (χ0v) is 13.6. The Labute approximate surface area is 136 Å². The molecule has 23 heavy (non-hydrogen) atoms. The minimum atomic E-state index is 0.753. The second-order valence-electron chi connectivity index (χ2n) is 5.46. The minimum absolute atomic E-state index is 0.753. The largest absolute Gasteiger partial charge is 0.497 e. The molecule has 0 aliphatic heterocycles. The highest BCUT2D eigenvalue weighted by atomic mass is 16.5. The number of rotatable bonds is 7. The van der Waals surface area contributed by atoms with Crippen LogP contribution in [0.4, 0.5) is 0 Å². The highest BCUT2D eigenvalue weighted by Gasteiger charge is 2.06. The highest BCUT2D eigenvalue weighted by Crippen LogP contribution is 2.23. The molecule has 2 N–H and O–H groups in total. The SMILES string of the molecule is COc1ccc(OC)c(CNCCc2c[nH]c3ccccc23)c1. The molecule has 0 aliphatic carbocycles. The van der Waals surface area contributed by atoms with Crippen LogP contribution in [-0.2, 0) is 13.0 Å². The molecule has 0 saturated carbocycles. The Balaban J connectivity index is 1.59. The smallest absolute Gasteiger partial charge is 0.123 e. The predicted octanol–water partition coefficient (Wildman–Crippen LogP) is 3.52. The summed E-state index contributed by atoms with van der Waals surface area (Å²) in [4.78, 5) is 3.32. The van der Waals surface area contributed by atoms with Crippen molar-refractivity contribution in [3.05, 3.63) is 59.8 Å². The number of hydrogen-bond acceptors (Lipinski definition) is 3. The van der Waals surface area contributed by atoms with Crippen LogP contribution in [0, 0.1) is 0 Å². The molecule has 0 radical (unpaired) electrons. The molecule has 1 aromatic heterocycles. The van der Waals surface area contributed by atoms with Crippen molar-refractivity contribution < 1.29 is 9.47 Å². The summed E-state index contributed by atoms with van der Waals surface area (Å²) in [6.07, 6.45) is 3.08. The molecule has 0 bridgehead atoms. The molecule has 2 aromatic carbocycles. The van der Waals surface area contributed by atoms with Crippen molar-refractivity contribution in [2.75, 3.05) is 20.8 Å². The molecule has 4 nitrogen and oxygen atoms in total. The maximum absolute atomic E-state index is 5.40. The number of methoxy groups -OCH3 is 2. The van der Waals surface area contributed by atoms with Crippen LogP contribution in [0.1, 0.15) is 11.1 Å². The molecular formula is C19H22N2O2. The minimum Gasteiger partial charge on any atom is -0.497 e. The summed E-state index contributed by atoms with van der Waals surface area (Å²) < 4.78 is 10.7. The van der Waals surface area contributed by atoms with Crippen LogP contribution < -0.4 is 14.8 Å². The maximum Gasteiger partial charge on any atom is 0.123 e. The van der Waals surface area contributed by atoms with E-state index >= 15 is 0 Å². The first kappa shape index (κ1) is 15.4. The highest BCUT2D eigenvalue weighted by molar-refractivity contribution is 5.83. The quantitative estimate of drug-likeness (QED) is 0.656. The van der Waals surface area contributed by atoms with Gasteiger partial charge in [-0.2, -0.15) is 0 Å². The van der Waals surface area contributed by atoms with Crippen LogP contribution in [-0.4, -0.2) is 25.7 Å². The third kappa shape index (κ3) is 3.48. The number of fused-ring (bicyclic) bond motifs is 1. The van der Waals surface area contributed by atoms with E-state index in [0.717, 1.165) is 36.6 Å². The molecule has 120 valence electrons. The normalized spacial score (nSPS) is 10.9. The van der Waals surface area contributed by atoms with Gasteiger partial charge in [0.25, 0.3) is 0 Å². The predicted molar refractivity (Wildman–Crippen MR) is 93.3 cm³/mol. The molecular weight excluding hydrogens is 288 g/mol. The van der Waals surface area contributed by atoms with Gasteiger partial charge in [0, 0.05) is 29.2 Å². The first-order valence-corrected chi connectivity index (χ1v) is 7.78. The summed E-state index contributed by atoms with van der Waals surface area (Å²) in [6.45, 7) is 1.66. The van der Waals surface area contributed by atoms with Gasteiger partial charge in [0.2, 0.25) is 0 Å². The van der Waals surface area contributed by atoms with E-state index in [4.69, 9.17) is 9.47 Å². The Morgan fingerprint density at radius 1 is 1.00 bits per heavy atom. The van der Waals surface area contributed by atoms with Crippen LogP contribution in [0.5, 0.6) is 11.5 Å². The average molecular weight is 310 g/mol. The topological polar surface area (TPSA) is 46.3 Å². The van der Waals surface area contributed by atoms with E-state index in [1.165, 1.54) is 16.5 Å². The van der Waals surface area contributed by atoms with Crippen molar-refractivity contribution in [2.24, 2.45) is 0 Å². The lowest BCUT2D eigenvalue weighted by Gasteiger charge is -2.11. The van der Waals surface area contributed by atoms with Gasteiger partial charge in [-0.3, -0.25) is 0 Å². The molecule has 3 aromatic rings. The van der Waals surface area contributed by atoms with E-state index < -0.39 is 0 Å². The number of para-hydroxylation sites is 1. The van der Waals surface area contributed by atoms with Gasteiger partial charge >= 0.3 is 0 Å². The van der Waals surface area contributed by atoms with Crippen LogP contribution in [0.2, 0.25) is 0 Å². The first-order valence-electron chi connectivity index (χ1n) is 7.78. The van der Waals surface area contributed by atoms with Gasteiger partial charge in [-0.05, 0) is 42.8 Å². The van der Waals surface area contributed by atoms with Gasteiger partial charge in [-0.15, -0.1) is 0 Å². The zero-order chi connectivity index (χ0) is 16.1. The molecule has 0 fully saturated rings. The van der Waals surface area contributed by atoms with Crippen molar-refractivity contribution in [1.29, 1.82) is 0 Å². The zero-order valence-electron chi connectivity index (χ0n) is 13.6. The monoisotopic (exact) mass is 310 g/mol. The van der Waals surface area contributed by atoms with Crippen molar-refractivity contribution >= 4 is 10.9 Å². The second-order valence-corrected chi connectivity index (χ2v) is 5.46. The lowest BCUT2D eigenvalue weighted by molar-refractivity contribution is 0.397. The van der Waals surface area contributed by atoms with E-state index in [-0.39, 0.29) is 0 Å². The molecule has 3 rings (SSSR count). The van der Waals surface area contributed by atoms with Crippen LogP contribution in [0.25, 0.3) is 10.9 Å². The standard InChI is InChI=1S/C19H22N2O2/c1-22-16-7-8-19(23-2)15(11-16)12-20-10-9-14-13-21-18-6-4-3-5-17(14)18/h3-8,11,13,20-21H,9-10,12H2,1-2H3. The molecule has 0 amide bonds. The number of aromatic nitrogens is 1. The second kappa shape index (κ2) is 7.20. The van der Waals surface area contributed by atoms with Gasteiger partial charge in [-0.25, -0.2) is 0 Å². The molecule has 1 heterocycles. The fourth-order valence-corrected chi connectivity index (χ4v) is 2.80. The Bertz CT molecular complexity index is 780. The third-order valence-electron chi connectivity index (χ3n) is 4.05. The number of ether oxygens (including phenoxy) is 2. The molecule has 4 heteroatoms. The van der Waals surface area contributed by atoms with E-state index in [1.807, 2.05) is 18.2 Å². The van der Waals surface area contributed by atoms with E-state index in [2.05, 4.69) is 40.8 Å². The maximum atomic E-state index is 5.40. The summed E-state index contributed by atoms with van der Waals surface area (Å²) in [5.41, 5.74) is 3.63. The summed E-state index contributed by atoms with van der Waals surface area (Å²) in [5.74, 6) is 1.73. The first-order chi connectivity index (χ1) is 11.3. The van der Waals surface area contributed by atoms with Crippen LogP contribution in [0.15, 0.2) is 48.7 Å². The van der Waals surface area contributed by atoms with Gasteiger partial charge in [-0.1, -0.05) is 18.2 Å². The van der Waals surface area contributed by atoms with Gasteiger partial charge in [0.15, 0.2) is 0 Å². The summed E-state index contributed by atoms with van der Waals surface area (Å²) in [6, 6.07) is 14.3. The molecule has 0 spiro atoms. The van der Waals surface area contributed by atoms with Gasteiger partial charge < -0.3 is 19.8 Å². The average Bonchev–Trinajstić information content (AvgIpc) is 3.01. The Morgan fingerprint density at radius 2 is 1.87 bits per heavy atom. The van der Waals surface area contributed by atoms with E-state index in [1.54, 1.807) is 14.2 Å². The number of nitrogens with one attached hydrogen (secondary N) is 2. The van der Waals surface area contributed by atoms with Gasteiger partial charge in [0.1, 0.15) is 11.5 Å². The molecule has 0 aliphatic rings. The molecule has 0 unspecified atom stereocenters. The van der Waals surface area contributed by atoms with Crippen LogP contribution >= 0.6 is 0 Å². The Kier molecular flexibility index (Phi) is 4.83. The number of benzene rings is 2. The number of H-pyrrole nitrogens is 1. The summed E-state index contributed by atoms with van der Waals surface area (Å²) in [5, 5.41) is 4.78. The van der Waals surface area contributed by atoms with Crippen LogP contribution in [0.3, 0.4) is 0 Å². The number of hydrogen-bond donors (Lipinski definition) is 2. The third-order valence-corrected chi connectivity index (χ3v) is 4.05. The lowest BCUT2D eigenvalue weighted by Crippen LogP contribution is -2.17. The fourth-order valence-electron chi connectivity index (χ4n) is 2.80. The lowest BCUT2D eigenvalue weighted by atomic mass is 10.1. The summed E-state index contributed by atoms with van der Waals surface area (Å²) >= 11 is 0. The van der Waals surface area contributed by atoms with E-state index in [0.29, 0.717) is 0 Å². The number of aromatic amines is 1.